The molecule has 4 N–H and O–H groups in total. The summed E-state index contributed by atoms with van der Waals surface area (Å²) in [7, 11) is 0. The van der Waals surface area contributed by atoms with Crippen LogP contribution in [0.1, 0.15) is 5.56 Å². The van der Waals surface area contributed by atoms with Gasteiger partial charge in [0.25, 0.3) is 5.91 Å². The number of nitrogen functional groups attached to an aromatic ring is 1. The van der Waals surface area contributed by atoms with Gasteiger partial charge in [-0.05, 0) is 36.4 Å². The van der Waals surface area contributed by atoms with Crippen LogP contribution in [-0.2, 0) is 11.0 Å². The normalized spacial score (nSPS) is 11.6. The first-order chi connectivity index (χ1) is 12.2. The molecule has 0 aliphatic heterocycles. The Bertz CT molecular complexity index is 904. The SMILES string of the molecule is N#C/C(=C/Nc1cccc(C(F)(F)F)c1)C(=O)Nc1ccc(N)c(Cl)c1. The van der Waals surface area contributed by atoms with Gasteiger partial charge in [0.05, 0.1) is 16.3 Å². The highest BCUT2D eigenvalue weighted by Crippen LogP contribution is 2.30. The van der Waals surface area contributed by atoms with Crippen LogP contribution in [-0.4, -0.2) is 5.91 Å². The quantitative estimate of drug-likeness (QED) is 0.416. The lowest BCUT2D eigenvalue weighted by molar-refractivity contribution is -0.137. The van der Waals surface area contributed by atoms with Crippen LogP contribution in [0.2, 0.25) is 5.02 Å². The molecule has 2 aromatic rings. The summed E-state index contributed by atoms with van der Waals surface area (Å²) in [6.07, 6.45) is -3.48. The predicted octanol–water partition coefficient (Wildman–Crippen LogP) is 4.40. The minimum absolute atomic E-state index is 0.0795. The van der Waals surface area contributed by atoms with E-state index in [9.17, 15) is 18.0 Å². The van der Waals surface area contributed by atoms with Crippen LogP contribution in [0.15, 0.2) is 54.2 Å². The molecule has 0 fully saturated rings. The Labute approximate surface area is 151 Å². The maximum Gasteiger partial charge on any atom is 0.416 e. The molecule has 0 saturated heterocycles. The zero-order valence-corrected chi connectivity index (χ0v) is 13.8. The summed E-state index contributed by atoms with van der Waals surface area (Å²) in [4.78, 5) is 12.1. The minimum Gasteiger partial charge on any atom is -0.398 e. The van der Waals surface area contributed by atoms with Gasteiger partial charge in [0.15, 0.2) is 0 Å². The zero-order valence-electron chi connectivity index (χ0n) is 13.1. The third kappa shape index (κ3) is 4.91. The molecule has 1 amide bonds. The summed E-state index contributed by atoms with van der Waals surface area (Å²) in [5.41, 5.74) is 5.09. The van der Waals surface area contributed by atoms with Crippen LogP contribution in [0.5, 0.6) is 0 Å². The van der Waals surface area contributed by atoms with Crippen molar-refractivity contribution in [3.05, 3.63) is 64.8 Å². The Morgan fingerprint density at radius 2 is 1.92 bits per heavy atom. The Balaban J connectivity index is 2.13. The van der Waals surface area contributed by atoms with Crippen molar-refractivity contribution < 1.29 is 18.0 Å². The molecule has 0 aliphatic carbocycles. The molecule has 9 heteroatoms. The molecule has 26 heavy (non-hydrogen) atoms. The van der Waals surface area contributed by atoms with Crippen LogP contribution < -0.4 is 16.4 Å². The highest BCUT2D eigenvalue weighted by Gasteiger charge is 2.30. The fraction of sp³-hybridized carbons (Fsp3) is 0.0588. The van der Waals surface area contributed by atoms with Gasteiger partial charge < -0.3 is 16.4 Å². The maximum absolute atomic E-state index is 12.7. The van der Waals surface area contributed by atoms with Crippen LogP contribution in [0, 0.1) is 11.3 Å². The second-order valence-electron chi connectivity index (χ2n) is 5.08. The average molecular weight is 381 g/mol. The van der Waals surface area contributed by atoms with Crippen LogP contribution in [0.4, 0.5) is 30.2 Å². The summed E-state index contributed by atoms with van der Waals surface area (Å²) in [5, 5.41) is 14.3. The molecular formula is C17H12ClF3N4O. The Kier molecular flexibility index (Phi) is 5.75. The van der Waals surface area contributed by atoms with Crippen LogP contribution >= 0.6 is 11.6 Å². The summed E-state index contributed by atoms with van der Waals surface area (Å²) < 4.78 is 38.1. The summed E-state index contributed by atoms with van der Waals surface area (Å²) >= 11 is 5.84. The summed E-state index contributed by atoms with van der Waals surface area (Å²) in [6.45, 7) is 0. The van der Waals surface area contributed by atoms with Gasteiger partial charge in [-0.15, -0.1) is 0 Å². The van der Waals surface area contributed by atoms with Crippen LogP contribution in [0.25, 0.3) is 0 Å². The minimum atomic E-state index is -4.49. The molecule has 0 radical (unpaired) electrons. The van der Waals surface area contributed by atoms with E-state index in [-0.39, 0.29) is 16.3 Å². The number of hydrogen-bond donors (Lipinski definition) is 3. The molecule has 0 unspecified atom stereocenters. The number of benzene rings is 2. The molecular weight excluding hydrogens is 369 g/mol. The second-order valence-corrected chi connectivity index (χ2v) is 5.49. The van der Waals surface area contributed by atoms with E-state index in [1.54, 1.807) is 6.07 Å². The molecule has 2 aromatic carbocycles. The number of alkyl halides is 3. The summed E-state index contributed by atoms with van der Waals surface area (Å²) in [5.74, 6) is -0.757. The van der Waals surface area contributed by atoms with Crippen molar-refractivity contribution in [1.29, 1.82) is 5.26 Å². The zero-order chi connectivity index (χ0) is 19.3. The van der Waals surface area contributed by atoms with E-state index in [0.717, 1.165) is 18.3 Å². The molecule has 5 nitrogen and oxygen atoms in total. The lowest BCUT2D eigenvalue weighted by atomic mass is 10.2. The van der Waals surface area contributed by atoms with E-state index < -0.39 is 17.6 Å². The largest absolute Gasteiger partial charge is 0.416 e. The van der Waals surface area contributed by atoms with E-state index in [1.807, 2.05) is 0 Å². The van der Waals surface area contributed by atoms with Gasteiger partial charge in [-0.3, -0.25) is 4.79 Å². The lowest BCUT2D eigenvalue weighted by Gasteiger charge is -2.09. The molecule has 0 saturated carbocycles. The molecule has 0 spiro atoms. The Hall–Kier alpha value is -3.18. The van der Waals surface area contributed by atoms with E-state index in [2.05, 4.69) is 10.6 Å². The first-order valence-electron chi connectivity index (χ1n) is 7.11. The molecule has 2 rings (SSSR count). The smallest absolute Gasteiger partial charge is 0.398 e. The topological polar surface area (TPSA) is 90.9 Å². The number of halogens is 4. The summed E-state index contributed by atoms with van der Waals surface area (Å²) in [6, 6.07) is 10.4. The average Bonchev–Trinajstić information content (AvgIpc) is 2.58. The molecule has 134 valence electrons. The number of amides is 1. The number of nitriles is 1. The number of carbonyl (C=O) groups excluding carboxylic acids is 1. The monoisotopic (exact) mass is 380 g/mol. The second kappa shape index (κ2) is 7.80. The van der Waals surface area contributed by atoms with E-state index in [1.165, 1.54) is 30.3 Å². The number of hydrogen-bond acceptors (Lipinski definition) is 4. The Morgan fingerprint density at radius 1 is 1.19 bits per heavy atom. The molecule has 0 aromatic heterocycles. The third-order valence-electron chi connectivity index (χ3n) is 3.20. The number of nitrogens with one attached hydrogen (secondary N) is 2. The number of nitrogens with zero attached hydrogens (tertiary/aromatic N) is 1. The number of rotatable bonds is 4. The van der Waals surface area contributed by atoms with Crippen molar-refractivity contribution in [3.63, 3.8) is 0 Å². The lowest BCUT2D eigenvalue weighted by Crippen LogP contribution is -2.14. The van der Waals surface area contributed by atoms with E-state index in [4.69, 9.17) is 22.6 Å². The van der Waals surface area contributed by atoms with Gasteiger partial charge in [0.2, 0.25) is 0 Å². The van der Waals surface area contributed by atoms with Crippen molar-refractivity contribution in [2.75, 3.05) is 16.4 Å². The first-order valence-corrected chi connectivity index (χ1v) is 7.49. The fourth-order valence-corrected chi connectivity index (χ4v) is 2.07. The number of nitrogens with two attached hydrogens (primary N) is 1. The van der Waals surface area contributed by atoms with Crippen molar-refractivity contribution in [2.45, 2.75) is 6.18 Å². The maximum atomic E-state index is 12.7. The molecule has 0 aliphatic rings. The van der Waals surface area contributed by atoms with Gasteiger partial charge in [-0.25, -0.2) is 0 Å². The van der Waals surface area contributed by atoms with Gasteiger partial charge in [-0.1, -0.05) is 17.7 Å². The van der Waals surface area contributed by atoms with Crippen molar-refractivity contribution >= 4 is 34.6 Å². The number of anilines is 3. The first kappa shape index (κ1) is 19.1. The Morgan fingerprint density at radius 3 is 2.54 bits per heavy atom. The molecule has 0 heterocycles. The highest BCUT2D eigenvalue weighted by molar-refractivity contribution is 6.33. The molecule has 0 bridgehead atoms. The van der Waals surface area contributed by atoms with Crippen LogP contribution in [0.3, 0.4) is 0 Å². The third-order valence-corrected chi connectivity index (χ3v) is 3.52. The van der Waals surface area contributed by atoms with E-state index >= 15 is 0 Å². The van der Waals surface area contributed by atoms with Crippen molar-refractivity contribution in [1.82, 2.24) is 0 Å². The van der Waals surface area contributed by atoms with Gasteiger partial charge in [0, 0.05) is 17.6 Å². The van der Waals surface area contributed by atoms with Gasteiger partial charge in [-0.2, -0.15) is 18.4 Å². The number of carbonyl (C=O) groups is 1. The predicted molar refractivity (Wildman–Crippen MR) is 93.3 cm³/mol. The molecule has 0 atom stereocenters. The van der Waals surface area contributed by atoms with Gasteiger partial charge in [0.1, 0.15) is 11.6 Å². The van der Waals surface area contributed by atoms with Gasteiger partial charge >= 0.3 is 6.18 Å². The fourth-order valence-electron chi connectivity index (χ4n) is 1.89. The van der Waals surface area contributed by atoms with E-state index in [0.29, 0.717) is 11.4 Å². The standard InChI is InChI=1S/C17H12ClF3N4O/c18-14-7-13(4-5-15(14)23)25-16(26)10(8-22)9-24-12-3-1-2-11(6-12)17(19,20)21/h1-7,9,24H,23H2,(H,25,26)/b10-9-. The van der Waals surface area contributed by atoms with Crippen molar-refractivity contribution in [3.8, 4) is 6.07 Å². The highest BCUT2D eigenvalue weighted by atomic mass is 35.5. The van der Waals surface area contributed by atoms with Crippen molar-refractivity contribution in [2.24, 2.45) is 0 Å².